The van der Waals surface area contributed by atoms with Gasteiger partial charge in [0.05, 0.1) is 0 Å². The second-order valence-electron chi connectivity index (χ2n) is 1.47. The predicted molar refractivity (Wildman–Crippen MR) is 41.3 cm³/mol. The summed E-state index contributed by atoms with van der Waals surface area (Å²) in [6, 6.07) is 0. The molecule has 1 aromatic heterocycles. The predicted octanol–water partition coefficient (Wildman–Crippen LogP) is 1.53. The van der Waals surface area contributed by atoms with E-state index in [9.17, 15) is 0 Å². The van der Waals surface area contributed by atoms with Crippen molar-refractivity contribution >= 4 is 25.5 Å². The van der Waals surface area contributed by atoms with Crippen LogP contribution in [0.5, 0.6) is 0 Å². The van der Waals surface area contributed by atoms with Crippen molar-refractivity contribution in [2.45, 2.75) is 0 Å². The van der Waals surface area contributed by atoms with Gasteiger partial charge >= 0.3 is 0 Å². The Hall–Kier alpha value is 0.300. The second kappa shape index (κ2) is 2.73. The molecule has 1 rings (SSSR count). The van der Waals surface area contributed by atoms with Gasteiger partial charge in [0.1, 0.15) is 8.51 Å². The Morgan fingerprint density at radius 2 is 2.25 bits per heavy atom. The van der Waals surface area contributed by atoms with Gasteiger partial charge in [-0.3, -0.25) is 4.09 Å². The minimum atomic E-state index is 0.678. The molecule has 0 aliphatic rings. The number of hydrogen-bond donors (Lipinski definition) is 0. The van der Waals surface area contributed by atoms with E-state index in [0.717, 1.165) is 17.0 Å². The molecular formula is C2H8N3P3. The third-order valence-electron chi connectivity index (χ3n) is 0.668. The van der Waals surface area contributed by atoms with Crippen LogP contribution >= 0.6 is 25.5 Å². The summed E-state index contributed by atoms with van der Waals surface area (Å²) in [5.74, 6) is 0. The van der Waals surface area contributed by atoms with E-state index < -0.39 is 0 Å². The fourth-order valence-electron chi connectivity index (χ4n) is 0.414. The first-order chi connectivity index (χ1) is 3.79. The summed E-state index contributed by atoms with van der Waals surface area (Å²) in [5, 5.41) is 0. The quantitative estimate of drug-likeness (QED) is 0.574. The van der Waals surface area contributed by atoms with Crippen LogP contribution in [0, 0.1) is 0 Å². The SMILES string of the molecule is Cn1pn[pH]n(C)[pH]1. The topological polar surface area (TPSA) is 22.8 Å². The lowest BCUT2D eigenvalue weighted by atomic mass is 11.6. The molecule has 0 aliphatic heterocycles. The highest BCUT2D eigenvalue weighted by atomic mass is 31.1. The van der Waals surface area contributed by atoms with E-state index in [1.165, 1.54) is 0 Å². The molecule has 2 atom stereocenters. The Morgan fingerprint density at radius 3 is 2.62 bits per heavy atom. The highest BCUT2D eigenvalue weighted by molar-refractivity contribution is 7.45. The number of hydrogen-bond acceptors (Lipinski definition) is 1. The standard InChI is InChI=1S/C2H8N3P3/c1-4-6-3-7-5(2)8-4/h6,8H,1-2H3. The molecular weight excluding hydrogens is 159 g/mol. The molecule has 1 aromatic rings. The molecule has 2 unspecified atom stereocenters. The molecule has 0 N–H and O–H groups in total. The molecule has 0 spiro atoms. The molecule has 0 fully saturated rings. The van der Waals surface area contributed by atoms with Crippen LogP contribution in [0.15, 0.2) is 0 Å². The van der Waals surface area contributed by atoms with Gasteiger partial charge in [0.15, 0.2) is 0 Å². The lowest BCUT2D eigenvalue weighted by molar-refractivity contribution is 1.08. The van der Waals surface area contributed by atoms with Crippen molar-refractivity contribution in [2.75, 3.05) is 0 Å². The largest absolute Gasteiger partial charge is 0.302 e. The number of rotatable bonds is 0. The molecule has 0 aromatic carbocycles. The van der Waals surface area contributed by atoms with Crippen LogP contribution in [0.1, 0.15) is 0 Å². The zero-order chi connectivity index (χ0) is 5.98. The average molecular weight is 167 g/mol. The van der Waals surface area contributed by atoms with Gasteiger partial charge in [-0.2, -0.15) is 4.51 Å². The molecule has 46 valence electrons. The van der Waals surface area contributed by atoms with E-state index in [0.29, 0.717) is 8.51 Å². The van der Waals surface area contributed by atoms with Crippen molar-refractivity contribution in [3.05, 3.63) is 0 Å². The monoisotopic (exact) mass is 167 g/mol. The van der Waals surface area contributed by atoms with Crippen LogP contribution in [0.25, 0.3) is 0 Å². The summed E-state index contributed by atoms with van der Waals surface area (Å²) < 4.78 is 8.59. The first kappa shape index (κ1) is 6.42. The van der Waals surface area contributed by atoms with Gasteiger partial charge < -0.3 is 4.09 Å². The summed E-state index contributed by atoms with van der Waals surface area (Å²) in [5.41, 5.74) is 0. The van der Waals surface area contributed by atoms with Gasteiger partial charge in [-0.15, -0.1) is 0 Å². The Kier molecular flexibility index (Phi) is 2.19. The molecule has 0 saturated heterocycles. The van der Waals surface area contributed by atoms with Crippen LogP contribution < -0.4 is 0 Å². The Bertz CT molecular complexity index is 172. The van der Waals surface area contributed by atoms with Crippen LogP contribution in [0.4, 0.5) is 0 Å². The van der Waals surface area contributed by atoms with Gasteiger partial charge in [0, 0.05) is 31.1 Å². The van der Waals surface area contributed by atoms with Gasteiger partial charge in [-0.1, -0.05) is 0 Å². The van der Waals surface area contributed by atoms with E-state index in [1.54, 1.807) is 0 Å². The summed E-state index contributed by atoms with van der Waals surface area (Å²) in [4.78, 5) is 0. The second-order valence-corrected chi connectivity index (χ2v) is 6.29. The lowest BCUT2D eigenvalue weighted by Crippen LogP contribution is -1.80. The van der Waals surface area contributed by atoms with Crippen molar-refractivity contribution in [3.8, 4) is 0 Å². The van der Waals surface area contributed by atoms with Crippen LogP contribution in [-0.2, 0) is 14.1 Å². The normalized spacial score (nSPS) is 12.2. The molecule has 0 aliphatic carbocycles. The van der Waals surface area contributed by atoms with Gasteiger partial charge in [-0.25, -0.2) is 0 Å². The molecule has 6 heteroatoms. The van der Waals surface area contributed by atoms with Crippen LogP contribution in [0.3, 0.4) is 0 Å². The zero-order valence-electron chi connectivity index (χ0n) is 4.79. The fourth-order valence-corrected chi connectivity index (χ4v) is 4.33. The summed E-state index contributed by atoms with van der Waals surface area (Å²) in [6.07, 6.45) is 0. The lowest BCUT2D eigenvalue weighted by Gasteiger charge is -1.97. The molecule has 0 bridgehead atoms. The van der Waals surface area contributed by atoms with E-state index in [-0.39, 0.29) is 0 Å². The maximum atomic E-state index is 4.20. The van der Waals surface area contributed by atoms with Crippen molar-refractivity contribution < 1.29 is 0 Å². The third-order valence-corrected chi connectivity index (χ3v) is 3.68. The van der Waals surface area contributed by atoms with E-state index >= 15 is 0 Å². The smallest absolute Gasteiger partial charge is 0.140 e. The van der Waals surface area contributed by atoms with Gasteiger partial charge in [-0.05, 0) is 0 Å². The van der Waals surface area contributed by atoms with Gasteiger partial charge in [0.25, 0.3) is 0 Å². The third kappa shape index (κ3) is 1.67. The minimum Gasteiger partial charge on any atom is -0.302 e. The Labute approximate surface area is 53.1 Å². The Morgan fingerprint density at radius 1 is 1.50 bits per heavy atom. The number of aromatic nitrogens is 3. The molecule has 0 radical (unpaired) electrons. The van der Waals surface area contributed by atoms with Crippen molar-refractivity contribution in [3.63, 3.8) is 0 Å². The fraction of sp³-hybridized carbons (Fsp3) is 1.00. The van der Waals surface area contributed by atoms with E-state index in [4.69, 9.17) is 0 Å². The first-order valence-corrected chi connectivity index (χ1v) is 4.78. The van der Waals surface area contributed by atoms with Gasteiger partial charge in [0.2, 0.25) is 0 Å². The summed E-state index contributed by atoms with van der Waals surface area (Å²) >= 11 is 0. The molecule has 3 nitrogen and oxygen atoms in total. The molecule has 0 saturated carbocycles. The maximum Gasteiger partial charge on any atom is 0.140 e. The average Bonchev–Trinajstić information content (AvgIpc) is 1.64. The van der Waals surface area contributed by atoms with Crippen molar-refractivity contribution in [1.82, 2.24) is 12.7 Å². The maximum absolute atomic E-state index is 4.20. The molecule has 0 amide bonds. The summed E-state index contributed by atoms with van der Waals surface area (Å²) in [7, 11) is 6.80. The van der Waals surface area contributed by atoms with E-state index in [1.807, 2.05) is 0 Å². The number of aryl methyl sites for hydroxylation is 2. The highest BCUT2D eigenvalue weighted by Gasteiger charge is 1.75. The molecule has 1 heterocycles. The zero-order valence-corrected chi connectivity index (χ0v) is 7.68. The van der Waals surface area contributed by atoms with Crippen LogP contribution in [0.2, 0.25) is 0 Å². The highest BCUT2D eigenvalue weighted by Crippen LogP contribution is 2.12. The molecule has 8 heavy (non-hydrogen) atoms. The van der Waals surface area contributed by atoms with Crippen molar-refractivity contribution in [1.29, 1.82) is 0 Å². The van der Waals surface area contributed by atoms with Crippen LogP contribution in [-0.4, -0.2) is 12.7 Å². The van der Waals surface area contributed by atoms with Crippen molar-refractivity contribution in [2.24, 2.45) is 14.1 Å². The summed E-state index contributed by atoms with van der Waals surface area (Å²) in [6.45, 7) is 0. The number of nitrogens with zero attached hydrogens (tertiary/aromatic N) is 3. The Balaban J connectivity index is 3.08. The first-order valence-electron chi connectivity index (χ1n) is 2.19. The minimum absolute atomic E-state index is 0.678. The van der Waals surface area contributed by atoms with E-state index in [2.05, 4.69) is 26.8 Å².